The fourth-order valence-electron chi connectivity index (χ4n) is 3.08. The number of ether oxygens (including phenoxy) is 2. The van der Waals surface area contributed by atoms with Gasteiger partial charge in [0.15, 0.2) is 12.4 Å². The Morgan fingerprint density at radius 3 is 2.12 bits per heavy atom. The third-order valence-electron chi connectivity index (χ3n) is 5.04. The number of nitrogens with two attached hydrogens (primary N) is 1. The van der Waals surface area contributed by atoms with Gasteiger partial charge in [-0.05, 0) is 0 Å². The molecule has 0 aliphatic carbocycles. The van der Waals surface area contributed by atoms with E-state index >= 15 is 0 Å². The van der Waals surface area contributed by atoms with Crippen molar-refractivity contribution >= 4 is 5.91 Å². The summed E-state index contributed by atoms with van der Waals surface area (Å²) in [5.74, 6) is -0.988. The van der Waals surface area contributed by atoms with E-state index in [1.54, 1.807) is 0 Å². The molecule has 0 aromatic carbocycles. The summed E-state index contributed by atoms with van der Waals surface area (Å²) in [7, 11) is 0. The summed E-state index contributed by atoms with van der Waals surface area (Å²) >= 11 is 0. The lowest BCUT2D eigenvalue weighted by Crippen LogP contribution is -2.62. The summed E-state index contributed by atoms with van der Waals surface area (Å²) in [5.41, 5.74) is 5.35. The van der Waals surface area contributed by atoms with Crippen LogP contribution in [0.3, 0.4) is 0 Å². The van der Waals surface area contributed by atoms with Crippen molar-refractivity contribution in [3.63, 3.8) is 0 Å². The smallest absolute Gasteiger partial charge is 0.251 e. The van der Waals surface area contributed by atoms with Crippen LogP contribution >= 0.6 is 0 Å². The summed E-state index contributed by atoms with van der Waals surface area (Å²) in [4.78, 5) is 12.2. The molecule has 1 aliphatic heterocycles. The van der Waals surface area contributed by atoms with Crippen LogP contribution in [-0.4, -0.2) is 154 Å². The van der Waals surface area contributed by atoms with Gasteiger partial charge in [0.1, 0.15) is 42.7 Å². The van der Waals surface area contributed by atoms with E-state index in [4.69, 9.17) is 15.2 Å². The van der Waals surface area contributed by atoms with Crippen LogP contribution in [0.1, 0.15) is 0 Å². The molecule has 1 amide bonds. The number of amides is 1. The van der Waals surface area contributed by atoms with Gasteiger partial charge in [-0.3, -0.25) is 4.79 Å². The van der Waals surface area contributed by atoms with Gasteiger partial charge in [0.2, 0.25) is 0 Å². The van der Waals surface area contributed by atoms with Gasteiger partial charge in [-0.25, -0.2) is 0 Å². The van der Waals surface area contributed by atoms with E-state index in [2.05, 4.69) is 16.0 Å². The molecule has 1 aliphatic rings. The first kappa shape index (κ1) is 30.0. The molecule has 0 bridgehead atoms. The van der Waals surface area contributed by atoms with Gasteiger partial charge in [0.05, 0.1) is 13.2 Å². The predicted octanol–water partition coefficient (Wildman–Crippen LogP) is -7.50. The fourth-order valence-corrected chi connectivity index (χ4v) is 3.08. The van der Waals surface area contributed by atoms with Gasteiger partial charge in [0, 0.05) is 39.3 Å². The molecule has 13 N–H and O–H groups in total. The molecule has 9 atom stereocenters. The molecular formula is C18H38N4O11. The van der Waals surface area contributed by atoms with Crippen LogP contribution in [0.2, 0.25) is 0 Å². The average molecular weight is 487 g/mol. The summed E-state index contributed by atoms with van der Waals surface area (Å²) < 4.78 is 10.4. The third-order valence-corrected chi connectivity index (χ3v) is 5.04. The maximum Gasteiger partial charge on any atom is 0.251 e. The monoisotopic (exact) mass is 486 g/mol. The minimum absolute atomic E-state index is 0.111. The van der Waals surface area contributed by atoms with Crippen molar-refractivity contribution in [3.05, 3.63) is 0 Å². The maximum absolute atomic E-state index is 12.2. The highest BCUT2D eigenvalue weighted by molar-refractivity contribution is 5.81. The van der Waals surface area contributed by atoms with Gasteiger partial charge in [0.25, 0.3) is 5.91 Å². The van der Waals surface area contributed by atoms with E-state index in [-0.39, 0.29) is 6.54 Å². The normalized spacial score (nSPS) is 29.3. The second-order valence-electron chi connectivity index (χ2n) is 7.56. The molecule has 1 saturated heterocycles. The van der Waals surface area contributed by atoms with Crippen molar-refractivity contribution in [2.45, 2.75) is 55.1 Å². The van der Waals surface area contributed by atoms with E-state index in [9.17, 15) is 45.6 Å². The molecule has 0 aromatic heterocycles. The van der Waals surface area contributed by atoms with Gasteiger partial charge in [-0.2, -0.15) is 0 Å². The highest BCUT2D eigenvalue weighted by Crippen LogP contribution is 2.25. The third kappa shape index (κ3) is 9.25. The summed E-state index contributed by atoms with van der Waals surface area (Å²) in [6.07, 6.45) is -16.3. The zero-order chi connectivity index (χ0) is 25.0. The lowest BCUT2D eigenvalue weighted by molar-refractivity contribution is -0.326. The molecule has 15 nitrogen and oxygen atoms in total. The largest absolute Gasteiger partial charge is 0.394 e. The number of carbonyl (C=O) groups is 1. The Balaban J connectivity index is 2.63. The minimum Gasteiger partial charge on any atom is -0.394 e. The number of nitrogens with one attached hydrogen (secondary N) is 3. The van der Waals surface area contributed by atoms with E-state index in [0.29, 0.717) is 32.7 Å². The highest BCUT2D eigenvalue weighted by Gasteiger charge is 2.47. The SMILES string of the molecule is NCCNCCNCCNC(=O)C(O)C(O)C(OC1OC(CO)C(O)C(O)C1O)C(O)CO. The van der Waals surface area contributed by atoms with Crippen LogP contribution in [0.4, 0.5) is 0 Å². The second kappa shape index (κ2) is 15.8. The van der Waals surface area contributed by atoms with Crippen LogP contribution in [0.25, 0.3) is 0 Å². The van der Waals surface area contributed by atoms with E-state index in [1.807, 2.05) is 0 Å². The number of hydrogen-bond acceptors (Lipinski definition) is 14. The quantitative estimate of drug-likeness (QED) is 0.0905. The Labute approximate surface area is 191 Å². The Morgan fingerprint density at radius 2 is 1.55 bits per heavy atom. The minimum atomic E-state index is -2.09. The van der Waals surface area contributed by atoms with Gasteiger partial charge in [-0.15, -0.1) is 0 Å². The molecule has 1 heterocycles. The van der Waals surface area contributed by atoms with Crippen molar-refractivity contribution in [2.75, 3.05) is 52.5 Å². The molecule has 1 rings (SSSR count). The van der Waals surface area contributed by atoms with Crippen LogP contribution in [0, 0.1) is 0 Å². The molecule has 33 heavy (non-hydrogen) atoms. The molecule has 196 valence electrons. The molecule has 0 radical (unpaired) electrons. The van der Waals surface area contributed by atoms with Gasteiger partial charge >= 0.3 is 0 Å². The first-order valence-corrected chi connectivity index (χ1v) is 10.7. The molecule has 15 heteroatoms. The molecule has 0 saturated carbocycles. The fraction of sp³-hybridized carbons (Fsp3) is 0.944. The van der Waals surface area contributed by atoms with Crippen molar-refractivity contribution in [2.24, 2.45) is 5.73 Å². The van der Waals surface area contributed by atoms with Gasteiger partial charge in [-0.1, -0.05) is 0 Å². The van der Waals surface area contributed by atoms with Crippen molar-refractivity contribution in [1.82, 2.24) is 16.0 Å². The van der Waals surface area contributed by atoms with Crippen molar-refractivity contribution in [1.29, 1.82) is 0 Å². The number of hydrogen-bond donors (Lipinski definition) is 12. The molecule has 0 aromatic rings. The van der Waals surface area contributed by atoms with Crippen molar-refractivity contribution < 1.29 is 55.1 Å². The van der Waals surface area contributed by atoms with Crippen LogP contribution in [-0.2, 0) is 14.3 Å². The number of rotatable bonds is 16. The van der Waals surface area contributed by atoms with Crippen molar-refractivity contribution in [3.8, 4) is 0 Å². The lowest BCUT2D eigenvalue weighted by Gasteiger charge is -2.42. The Morgan fingerprint density at radius 1 is 0.939 bits per heavy atom. The second-order valence-corrected chi connectivity index (χ2v) is 7.56. The summed E-state index contributed by atoms with van der Waals surface area (Å²) in [6, 6.07) is 0. The Hall–Kier alpha value is -1.05. The molecule has 9 unspecified atom stereocenters. The highest BCUT2D eigenvalue weighted by atomic mass is 16.7. The molecule has 1 fully saturated rings. The number of aliphatic hydroxyl groups excluding tert-OH is 8. The maximum atomic E-state index is 12.2. The summed E-state index contributed by atoms with van der Waals surface area (Å²) in [6.45, 7) is 1.25. The Bertz CT molecular complexity index is 548. The average Bonchev–Trinajstić information content (AvgIpc) is 2.82. The number of aliphatic hydroxyl groups is 8. The summed E-state index contributed by atoms with van der Waals surface area (Å²) in [5, 5.41) is 87.3. The number of carbonyl (C=O) groups excluding carboxylic acids is 1. The van der Waals surface area contributed by atoms with E-state index < -0.39 is 74.2 Å². The lowest BCUT2D eigenvalue weighted by atomic mass is 9.98. The zero-order valence-electron chi connectivity index (χ0n) is 18.2. The Kier molecular flexibility index (Phi) is 14.3. The standard InChI is InChI=1S/C18H38N4O11/c19-1-2-20-3-4-21-5-6-22-17(31)14(29)13(28)16(9(25)7-23)33-18-15(30)12(27)11(26)10(8-24)32-18/h9-16,18,20-21,23-30H,1-8,19H2,(H,22,31). The van der Waals surface area contributed by atoms with E-state index in [0.717, 1.165) is 0 Å². The first-order chi connectivity index (χ1) is 15.7. The predicted molar refractivity (Wildman–Crippen MR) is 112 cm³/mol. The molecule has 0 spiro atoms. The first-order valence-electron chi connectivity index (χ1n) is 10.7. The van der Waals surface area contributed by atoms with Gasteiger partial charge < -0.3 is 72.0 Å². The van der Waals surface area contributed by atoms with Crippen LogP contribution in [0.15, 0.2) is 0 Å². The zero-order valence-corrected chi connectivity index (χ0v) is 18.2. The molecular weight excluding hydrogens is 448 g/mol. The van der Waals surface area contributed by atoms with Crippen LogP contribution in [0.5, 0.6) is 0 Å². The van der Waals surface area contributed by atoms with Crippen LogP contribution < -0.4 is 21.7 Å². The topological polar surface area (TPSA) is 259 Å². The van der Waals surface area contributed by atoms with E-state index in [1.165, 1.54) is 0 Å².